The lowest BCUT2D eigenvalue weighted by molar-refractivity contribution is 0.857. The van der Waals surface area contributed by atoms with E-state index in [0.717, 1.165) is 28.2 Å². The standard InChI is InChI=1S/C15H14N4/c1-11-8-13(5-7-17-11)15-10-19(18-12(15)2)14-4-3-6-16-9-14/h3-10H,1-2H3. The Labute approximate surface area is 111 Å². The van der Waals surface area contributed by atoms with Crippen LogP contribution in [0.2, 0.25) is 0 Å². The van der Waals surface area contributed by atoms with Gasteiger partial charge < -0.3 is 0 Å². The monoisotopic (exact) mass is 250 g/mol. The topological polar surface area (TPSA) is 43.6 Å². The molecule has 4 nitrogen and oxygen atoms in total. The molecule has 3 aromatic heterocycles. The summed E-state index contributed by atoms with van der Waals surface area (Å²) >= 11 is 0. The normalized spacial score (nSPS) is 10.6. The predicted octanol–water partition coefficient (Wildman–Crippen LogP) is 2.95. The minimum Gasteiger partial charge on any atom is -0.262 e. The first-order chi connectivity index (χ1) is 9.24. The van der Waals surface area contributed by atoms with Crippen molar-refractivity contribution in [2.45, 2.75) is 13.8 Å². The molecule has 0 bridgehead atoms. The Bertz CT molecular complexity index is 701. The van der Waals surface area contributed by atoms with Gasteiger partial charge in [-0.15, -0.1) is 0 Å². The summed E-state index contributed by atoms with van der Waals surface area (Å²) in [6, 6.07) is 7.96. The first kappa shape index (κ1) is 11.6. The molecule has 3 heterocycles. The summed E-state index contributed by atoms with van der Waals surface area (Å²) in [5, 5.41) is 4.54. The van der Waals surface area contributed by atoms with E-state index in [2.05, 4.69) is 21.1 Å². The van der Waals surface area contributed by atoms with E-state index in [1.807, 2.05) is 49.1 Å². The quantitative estimate of drug-likeness (QED) is 0.702. The van der Waals surface area contributed by atoms with Crippen molar-refractivity contribution in [3.8, 4) is 16.8 Å². The molecule has 0 saturated carbocycles. The Kier molecular flexibility index (Phi) is 2.83. The van der Waals surface area contributed by atoms with Gasteiger partial charge in [-0.05, 0) is 43.7 Å². The molecule has 0 N–H and O–H groups in total. The molecule has 0 radical (unpaired) electrons. The third-order valence-corrected chi connectivity index (χ3v) is 3.02. The third kappa shape index (κ3) is 2.25. The number of rotatable bonds is 2. The first-order valence-electron chi connectivity index (χ1n) is 6.14. The summed E-state index contributed by atoms with van der Waals surface area (Å²) in [4.78, 5) is 8.34. The largest absolute Gasteiger partial charge is 0.262 e. The van der Waals surface area contributed by atoms with Crippen molar-refractivity contribution >= 4 is 0 Å². The molecule has 0 saturated heterocycles. The minimum absolute atomic E-state index is 0.961. The van der Waals surface area contributed by atoms with Gasteiger partial charge in [0.2, 0.25) is 0 Å². The van der Waals surface area contributed by atoms with Crippen LogP contribution in [-0.2, 0) is 0 Å². The van der Waals surface area contributed by atoms with Crippen LogP contribution in [0.15, 0.2) is 49.1 Å². The average Bonchev–Trinajstić information content (AvgIpc) is 2.82. The van der Waals surface area contributed by atoms with E-state index in [1.165, 1.54) is 0 Å². The lowest BCUT2D eigenvalue weighted by Gasteiger charge is -2.00. The summed E-state index contributed by atoms with van der Waals surface area (Å²) in [5.41, 5.74) is 5.22. The molecule has 0 unspecified atom stereocenters. The van der Waals surface area contributed by atoms with Gasteiger partial charge >= 0.3 is 0 Å². The predicted molar refractivity (Wildman–Crippen MR) is 74.1 cm³/mol. The van der Waals surface area contributed by atoms with E-state index in [1.54, 1.807) is 12.4 Å². The Morgan fingerprint density at radius 2 is 2.00 bits per heavy atom. The molecule has 0 aromatic carbocycles. The molecule has 0 fully saturated rings. The minimum atomic E-state index is 0.961. The van der Waals surface area contributed by atoms with Crippen LogP contribution in [0.5, 0.6) is 0 Å². The van der Waals surface area contributed by atoms with Gasteiger partial charge in [0.15, 0.2) is 0 Å². The SMILES string of the molecule is Cc1cc(-c2cn(-c3cccnc3)nc2C)ccn1. The van der Waals surface area contributed by atoms with Crippen molar-refractivity contribution in [3.63, 3.8) is 0 Å². The zero-order valence-electron chi connectivity index (χ0n) is 10.9. The third-order valence-electron chi connectivity index (χ3n) is 3.02. The molecule has 4 heteroatoms. The summed E-state index contributed by atoms with van der Waals surface area (Å²) in [7, 11) is 0. The summed E-state index contributed by atoms with van der Waals surface area (Å²) in [6.45, 7) is 4.00. The molecule has 3 aromatic rings. The van der Waals surface area contributed by atoms with Gasteiger partial charge in [-0.25, -0.2) is 4.68 Å². The number of hydrogen-bond donors (Lipinski definition) is 0. The Balaban J connectivity index is 2.08. The number of nitrogens with zero attached hydrogens (tertiary/aromatic N) is 4. The molecule has 3 rings (SSSR count). The van der Waals surface area contributed by atoms with Crippen molar-refractivity contribution in [2.24, 2.45) is 0 Å². The molecule has 19 heavy (non-hydrogen) atoms. The van der Waals surface area contributed by atoms with Gasteiger partial charge in [-0.1, -0.05) is 0 Å². The molecule has 0 aliphatic rings. The fourth-order valence-corrected chi connectivity index (χ4v) is 2.08. The maximum atomic E-state index is 4.54. The molecule has 0 aliphatic heterocycles. The number of pyridine rings is 2. The van der Waals surface area contributed by atoms with Crippen LogP contribution in [0.3, 0.4) is 0 Å². The van der Waals surface area contributed by atoms with Crippen molar-refractivity contribution in [2.75, 3.05) is 0 Å². The van der Waals surface area contributed by atoms with Crippen LogP contribution in [-0.4, -0.2) is 19.7 Å². The Morgan fingerprint density at radius 3 is 2.74 bits per heavy atom. The van der Waals surface area contributed by atoms with Crippen molar-refractivity contribution in [1.29, 1.82) is 0 Å². The van der Waals surface area contributed by atoms with Crippen molar-refractivity contribution < 1.29 is 0 Å². The summed E-state index contributed by atoms with van der Waals surface area (Å²) in [5.74, 6) is 0. The zero-order chi connectivity index (χ0) is 13.2. The lowest BCUT2D eigenvalue weighted by Crippen LogP contribution is -1.94. The second-order valence-electron chi connectivity index (χ2n) is 4.47. The molecule has 94 valence electrons. The molecule has 0 spiro atoms. The van der Waals surface area contributed by atoms with Gasteiger partial charge in [-0.2, -0.15) is 5.10 Å². The van der Waals surface area contributed by atoms with Gasteiger partial charge in [-0.3, -0.25) is 9.97 Å². The van der Waals surface area contributed by atoms with E-state index >= 15 is 0 Å². The second-order valence-corrected chi connectivity index (χ2v) is 4.47. The highest BCUT2D eigenvalue weighted by atomic mass is 15.3. The van der Waals surface area contributed by atoms with Crippen LogP contribution in [0, 0.1) is 13.8 Å². The van der Waals surface area contributed by atoms with Gasteiger partial charge in [0, 0.05) is 29.8 Å². The lowest BCUT2D eigenvalue weighted by atomic mass is 10.1. The summed E-state index contributed by atoms with van der Waals surface area (Å²) < 4.78 is 1.85. The van der Waals surface area contributed by atoms with Crippen LogP contribution in [0.1, 0.15) is 11.4 Å². The zero-order valence-corrected chi connectivity index (χ0v) is 10.9. The Morgan fingerprint density at radius 1 is 1.11 bits per heavy atom. The summed E-state index contributed by atoms with van der Waals surface area (Å²) in [6.07, 6.45) is 7.41. The fraction of sp³-hybridized carbons (Fsp3) is 0.133. The van der Waals surface area contributed by atoms with E-state index in [-0.39, 0.29) is 0 Å². The van der Waals surface area contributed by atoms with E-state index in [0.29, 0.717) is 0 Å². The van der Waals surface area contributed by atoms with Crippen LogP contribution < -0.4 is 0 Å². The van der Waals surface area contributed by atoms with Crippen molar-refractivity contribution in [1.82, 2.24) is 19.7 Å². The smallest absolute Gasteiger partial charge is 0.0829 e. The number of hydrogen-bond acceptors (Lipinski definition) is 3. The maximum absolute atomic E-state index is 4.54. The van der Waals surface area contributed by atoms with Crippen LogP contribution in [0.4, 0.5) is 0 Å². The van der Waals surface area contributed by atoms with E-state index in [9.17, 15) is 0 Å². The maximum Gasteiger partial charge on any atom is 0.0829 e. The molecule has 0 amide bonds. The van der Waals surface area contributed by atoms with Crippen molar-refractivity contribution in [3.05, 3.63) is 60.4 Å². The van der Waals surface area contributed by atoms with E-state index < -0.39 is 0 Å². The van der Waals surface area contributed by atoms with Crippen LogP contribution >= 0.6 is 0 Å². The Hall–Kier alpha value is -2.49. The van der Waals surface area contributed by atoms with Gasteiger partial charge in [0.05, 0.1) is 17.6 Å². The molecular weight excluding hydrogens is 236 g/mol. The van der Waals surface area contributed by atoms with E-state index in [4.69, 9.17) is 0 Å². The molecule has 0 aliphatic carbocycles. The number of aryl methyl sites for hydroxylation is 2. The van der Waals surface area contributed by atoms with Gasteiger partial charge in [0.25, 0.3) is 0 Å². The second kappa shape index (κ2) is 4.65. The highest BCUT2D eigenvalue weighted by Gasteiger charge is 2.08. The van der Waals surface area contributed by atoms with Crippen LogP contribution in [0.25, 0.3) is 16.8 Å². The average molecular weight is 250 g/mol. The molecule has 0 atom stereocenters. The fourth-order valence-electron chi connectivity index (χ4n) is 2.08. The number of aromatic nitrogens is 4. The highest BCUT2D eigenvalue weighted by molar-refractivity contribution is 5.65. The van der Waals surface area contributed by atoms with Gasteiger partial charge in [0.1, 0.15) is 0 Å². The first-order valence-corrected chi connectivity index (χ1v) is 6.14. The molecular formula is C15H14N4. The highest BCUT2D eigenvalue weighted by Crippen LogP contribution is 2.23.